The summed E-state index contributed by atoms with van der Waals surface area (Å²) in [4.78, 5) is 23.5. The highest BCUT2D eigenvalue weighted by Gasteiger charge is 2.25. The lowest BCUT2D eigenvalue weighted by molar-refractivity contribution is -0.118. The Hall–Kier alpha value is -1.64. The number of hydrogen-bond acceptors (Lipinski definition) is 3. The second-order valence-corrected chi connectivity index (χ2v) is 4.00. The predicted octanol–water partition coefficient (Wildman–Crippen LogP) is 2.34. The molecule has 0 aromatic rings. The first-order valence-electron chi connectivity index (χ1n) is 5.15. The van der Waals surface area contributed by atoms with Crippen LogP contribution in [0.3, 0.4) is 0 Å². The van der Waals surface area contributed by atoms with Crippen LogP contribution in [0.25, 0.3) is 0 Å². The Labute approximate surface area is 95.5 Å². The third kappa shape index (κ3) is 2.48. The Kier molecular flexibility index (Phi) is 3.82. The minimum atomic E-state index is -0.195. The highest BCUT2D eigenvalue weighted by Crippen LogP contribution is 2.22. The smallest absolute Gasteiger partial charge is 0.223 e. The van der Waals surface area contributed by atoms with Crippen molar-refractivity contribution in [2.45, 2.75) is 27.2 Å². The zero-order chi connectivity index (χ0) is 12.3. The summed E-state index contributed by atoms with van der Waals surface area (Å²) < 4.78 is 4.86. The number of hydrogen-bond donors (Lipinski definition) is 0. The molecule has 3 nitrogen and oxygen atoms in total. The maximum atomic E-state index is 11.7. The molecule has 0 atom stereocenters. The molecule has 3 heteroatoms. The van der Waals surface area contributed by atoms with E-state index < -0.39 is 0 Å². The molecule has 0 bridgehead atoms. The van der Waals surface area contributed by atoms with E-state index in [1.54, 1.807) is 6.92 Å². The number of methoxy groups -OCH3 is 1. The maximum Gasteiger partial charge on any atom is 0.223 e. The van der Waals surface area contributed by atoms with Crippen LogP contribution in [0.5, 0.6) is 0 Å². The molecule has 0 N–H and O–H groups in total. The van der Waals surface area contributed by atoms with Crippen LogP contribution in [-0.4, -0.2) is 18.7 Å². The van der Waals surface area contributed by atoms with Crippen molar-refractivity contribution in [3.8, 4) is 0 Å². The van der Waals surface area contributed by atoms with E-state index in [1.165, 1.54) is 13.2 Å². The van der Waals surface area contributed by atoms with Gasteiger partial charge in [0.25, 0.3) is 0 Å². The van der Waals surface area contributed by atoms with Crippen LogP contribution in [-0.2, 0) is 14.3 Å². The molecule has 86 valence electrons. The first-order valence-corrected chi connectivity index (χ1v) is 5.15. The summed E-state index contributed by atoms with van der Waals surface area (Å²) in [5.41, 5.74) is 2.18. The van der Waals surface area contributed by atoms with Gasteiger partial charge in [-0.3, -0.25) is 9.59 Å². The van der Waals surface area contributed by atoms with E-state index in [0.717, 1.165) is 5.57 Å². The lowest BCUT2D eigenvalue weighted by atomic mass is 9.92. The predicted molar refractivity (Wildman–Crippen MR) is 61.9 cm³/mol. The van der Waals surface area contributed by atoms with Gasteiger partial charge in [0.15, 0.2) is 11.5 Å². The largest absolute Gasteiger partial charge is 0.493 e. The summed E-state index contributed by atoms with van der Waals surface area (Å²) in [6.45, 7) is 5.59. The molecule has 0 amide bonds. The number of ether oxygens (including phenoxy) is 1. The Bertz CT molecular complexity index is 418. The van der Waals surface area contributed by atoms with Crippen molar-refractivity contribution >= 4 is 11.6 Å². The normalized spacial score (nSPS) is 16.1. The molecular weight excluding hydrogens is 204 g/mol. The molecule has 0 aromatic carbocycles. The average Bonchev–Trinajstić information content (AvgIpc) is 2.22. The van der Waals surface area contributed by atoms with Crippen LogP contribution < -0.4 is 0 Å². The summed E-state index contributed by atoms with van der Waals surface area (Å²) in [5.74, 6) is -0.200. The van der Waals surface area contributed by atoms with Gasteiger partial charge in [0, 0.05) is 17.2 Å². The van der Waals surface area contributed by atoms with Gasteiger partial charge in [-0.2, -0.15) is 0 Å². The summed E-state index contributed by atoms with van der Waals surface area (Å²) in [7, 11) is 1.39. The maximum absolute atomic E-state index is 11.7. The van der Waals surface area contributed by atoms with Crippen molar-refractivity contribution in [2.24, 2.45) is 0 Å². The molecular formula is C13H16O3. The molecule has 0 aromatic heterocycles. The molecule has 1 aliphatic carbocycles. The SMILES string of the molecule is COC1=CC(=O)C(CC=C(C)C)=C(C)C1=O. The lowest BCUT2D eigenvalue weighted by Gasteiger charge is -2.14. The molecule has 0 saturated carbocycles. The van der Waals surface area contributed by atoms with E-state index in [4.69, 9.17) is 4.74 Å². The van der Waals surface area contributed by atoms with Gasteiger partial charge in [0.2, 0.25) is 5.78 Å². The average molecular weight is 220 g/mol. The van der Waals surface area contributed by atoms with E-state index in [0.29, 0.717) is 17.6 Å². The molecule has 1 aliphatic rings. The van der Waals surface area contributed by atoms with E-state index in [2.05, 4.69) is 0 Å². The molecule has 0 aliphatic heterocycles. The Morgan fingerprint density at radius 2 is 2.00 bits per heavy atom. The van der Waals surface area contributed by atoms with Crippen molar-refractivity contribution in [1.29, 1.82) is 0 Å². The Balaban J connectivity index is 3.02. The molecule has 0 radical (unpaired) electrons. The molecule has 1 rings (SSSR count). The Morgan fingerprint density at radius 3 is 2.50 bits per heavy atom. The van der Waals surface area contributed by atoms with E-state index in [-0.39, 0.29) is 17.3 Å². The first kappa shape index (κ1) is 12.4. The molecule has 0 fully saturated rings. The van der Waals surface area contributed by atoms with Gasteiger partial charge in [-0.15, -0.1) is 0 Å². The summed E-state index contributed by atoms with van der Waals surface area (Å²) >= 11 is 0. The van der Waals surface area contributed by atoms with Crippen molar-refractivity contribution in [3.05, 3.63) is 34.6 Å². The van der Waals surface area contributed by atoms with Crippen LogP contribution >= 0.6 is 0 Å². The van der Waals surface area contributed by atoms with Crippen molar-refractivity contribution in [1.82, 2.24) is 0 Å². The number of ketones is 2. The van der Waals surface area contributed by atoms with Gasteiger partial charge in [0.05, 0.1) is 7.11 Å². The fourth-order valence-corrected chi connectivity index (χ4v) is 1.49. The van der Waals surface area contributed by atoms with Crippen LogP contribution in [0, 0.1) is 0 Å². The minimum absolute atomic E-state index is 0.128. The number of carbonyl (C=O) groups is 2. The lowest BCUT2D eigenvalue weighted by Crippen LogP contribution is -2.18. The molecule has 0 saturated heterocycles. The summed E-state index contributed by atoms with van der Waals surface area (Å²) in [6, 6.07) is 0. The van der Waals surface area contributed by atoms with Crippen molar-refractivity contribution < 1.29 is 14.3 Å². The third-order valence-corrected chi connectivity index (χ3v) is 2.51. The van der Waals surface area contributed by atoms with E-state index in [9.17, 15) is 9.59 Å². The van der Waals surface area contributed by atoms with Crippen LogP contribution in [0.1, 0.15) is 27.2 Å². The Morgan fingerprint density at radius 1 is 1.38 bits per heavy atom. The minimum Gasteiger partial charge on any atom is -0.493 e. The van der Waals surface area contributed by atoms with Gasteiger partial charge >= 0.3 is 0 Å². The molecule has 0 heterocycles. The first-order chi connectivity index (χ1) is 7.47. The third-order valence-electron chi connectivity index (χ3n) is 2.51. The number of rotatable bonds is 3. The van der Waals surface area contributed by atoms with Crippen LogP contribution in [0.15, 0.2) is 34.6 Å². The highest BCUT2D eigenvalue weighted by atomic mass is 16.5. The monoisotopic (exact) mass is 220 g/mol. The zero-order valence-electron chi connectivity index (χ0n) is 10.1. The van der Waals surface area contributed by atoms with E-state index >= 15 is 0 Å². The standard InChI is InChI=1S/C13H16O3/c1-8(2)5-6-10-9(3)13(15)12(16-4)7-11(10)14/h5,7H,6H2,1-4H3. The molecule has 0 unspecified atom stereocenters. The fourth-order valence-electron chi connectivity index (χ4n) is 1.49. The van der Waals surface area contributed by atoms with Crippen molar-refractivity contribution in [3.63, 3.8) is 0 Å². The quantitative estimate of drug-likeness (QED) is 0.541. The van der Waals surface area contributed by atoms with Gasteiger partial charge < -0.3 is 4.74 Å². The molecule has 16 heavy (non-hydrogen) atoms. The zero-order valence-corrected chi connectivity index (χ0v) is 10.1. The summed E-state index contributed by atoms with van der Waals surface area (Å²) in [6.07, 6.45) is 3.71. The second-order valence-electron chi connectivity index (χ2n) is 4.00. The van der Waals surface area contributed by atoms with E-state index in [1.807, 2.05) is 19.9 Å². The van der Waals surface area contributed by atoms with Crippen molar-refractivity contribution in [2.75, 3.05) is 7.11 Å². The topological polar surface area (TPSA) is 43.4 Å². The fraction of sp³-hybridized carbons (Fsp3) is 0.385. The van der Waals surface area contributed by atoms with Crippen LogP contribution in [0.2, 0.25) is 0 Å². The number of carbonyl (C=O) groups excluding carboxylic acids is 2. The number of allylic oxidation sites excluding steroid dienone is 5. The van der Waals surface area contributed by atoms with Gasteiger partial charge in [-0.25, -0.2) is 0 Å². The summed E-state index contributed by atoms with van der Waals surface area (Å²) in [5, 5.41) is 0. The molecule has 0 spiro atoms. The number of Topliss-reactive ketones (excluding diaryl/α,β-unsaturated/α-hetero) is 1. The van der Waals surface area contributed by atoms with Gasteiger partial charge in [-0.05, 0) is 27.2 Å². The second kappa shape index (κ2) is 4.92. The van der Waals surface area contributed by atoms with Crippen LogP contribution in [0.4, 0.5) is 0 Å². The van der Waals surface area contributed by atoms with Gasteiger partial charge in [-0.1, -0.05) is 11.6 Å². The highest BCUT2D eigenvalue weighted by molar-refractivity contribution is 6.21. The van der Waals surface area contributed by atoms with Gasteiger partial charge in [0.1, 0.15) is 0 Å².